The van der Waals surface area contributed by atoms with E-state index in [9.17, 15) is 4.79 Å². The third-order valence-electron chi connectivity index (χ3n) is 4.08. The first-order valence-corrected chi connectivity index (χ1v) is 9.03. The molecule has 2 heterocycles. The van der Waals surface area contributed by atoms with Crippen molar-refractivity contribution in [2.45, 2.75) is 32.7 Å². The molecule has 0 bridgehead atoms. The number of nitrogens with zero attached hydrogens (tertiary/aromatic N) is 4. The molecular weight excluding hydrogens is 471 g/mol. The van der Waals surface area contributed by atoms with Crippen LogP contribution in [0, 0.1) is 0 Å². The second-order valence-electron chi connectivity index (χ2n) is 6.54. The summed E-state index contributed by atoms with van der Waals surface area (Å²) in [5.41, 5.74) is 1.88. The normalized spacial score (nSPS) is 11.1. The summed E-state index contributed by atoms with van der Waals surface area (Å²) in [6, 6.07) is 7.70. The summed E-state index contributed by atoms with van der Waals surface area (Å²) in [4.78, 5) is 22.3. The molecule has 0 saturated carbocycles. The molecule has 0 spiro atoms. The molecule has 154 valence electrons. The highest BCUT2D eigenvalue weighted by Gasteiger charge is 2.11. The lowest BCUT2D eigenvalue weighted by atomic mass is 10.1. The van der Waals surface area contributed by atoms with Crippen LogP contribution in [0.1, 0.15) is 36.9 Å². The first kappa shape index (κ1) is 23.9. The Balaban J connectivity index is 0.00000392. The summed E-state index contributed by atoms with van der Waals surface area (Å²) in [5.74, 6) is 1.55. The largest absolute Gasteiger partial charge is 0.359 e. The summed E-state index contributed by atoms with van der Waals surface area (Å²) < 4.78 is 5.28. The zero-order valence-corrected chi connectivity index (χ0v) is 19.1. The lowest BCUT2D eigenvalue weighted by Crippen LogP contribution is -2.43. The summed E-state index contributed by atoms with van der Waals surface area (Å²) in [5, 5.41) is 10.2. The molecule has 2 rings (SSSR count). The van der Waals surface area contributed by atoms with Gasteiger partial charge < -0.3 is 20.1 Å². The van der Waals surface area contributed by atoms with Crippen molar-refractivity contribution in [3.8, 4) is 0 Å². The highest BCUT2D eigenvalue weighted by Crippen LogP contribution is 2.13. The number of carbonyl (C=O) groups is 1. The van der Waals surface area contributed by atoms with Gasteiger partial charge in [0.1, 0.15) is 0 Å². The van der Waals surface area contributed by atoms with Gasteiger partial charge >= 0.3 is 0 Å². The molecule has 2 aromatic rings. The maximum atomic E-state index is 12.3. The molecule has 0 aliphatic rings. The van der Waals surface area contributed by atoms with Gasteiger partial charge in [-0.15, -0.1) is 24.0 Å². The van der Waals surface area contributed by atoms with Crippen LogP contribution in [0.2, 0.25) is 0 Å². The predicted molar refractivity (Wildman–Crippen MR) is 120 cm³/mol. The summed E-state index contributed by atoms with van der Waals surface area (Å²) in [6.07, 6.45) is 2.48. The van der Waals surface area contributed by atoms with E-state index in [2.05, 4.69) is 39.6 Å². The fourth-order valence-electron chi connectivity index (χ4n) is 2.32. The van der Waals surface area contributed by atoms with Crippen LogP contribution in [0.3, 0.4) is 0 Å². The molecule has 2 aromatic heterocycles. The molecule has 28 heavy (non-hydrogen) atoms. The lowest BCUT2D eigenvalue weighted by Gasteiger charge is -2.18. The third kappa shape index (κ3) is 7.83. The van der Waals surface area contributed by atoms with E-state index >= 15 is 0 Å². The quantitative estimate of drug-likeness (QED) is 0.328. The molecule has 9 heteroatoms. The number of rotatable bonds is 8. The van der Waals surface area contributed by atoms with Crippen LogP contribution in [0.15, 0.2) is 40.0 Å². The van der Waals surface area contributed by atoms with Gasteiger partial charge in [0.15, 0.2) is 11.7 Å². The second-order valence-corrected chi connectivity index (χ2v) is 6.54. The molecule has 0 unspecified atom stereocenters. The van der Waals surface area contributed by atoms with Crippen molar-refractivity contribution in [3.05, 3.63) is 47.6 Å². The van der Waals surface area contributed by atoms with Crippen LogP contribution < -0.4 is 10.6 Å². The Morgan fingerprint density at radius 3 is 2.71 bits per heavy atom. The number of halogens is 1. The van der Waals surface area contributed by atoms with Crippen molar-refractivity contribution in [3.63, 3.8) is 0 Å². The Morgan fingerprint density at radius 1 is 1.32 bits per heavy atom. The van der Waals surface area contributed by atoms with E-state index in [1.54, 1.807) is 25.2 Å². The molecule has 0 saturated heterocycles. The molecule has 0 fully saturated rings. The number of likely N-dealkylation sites (N-methyl/N-ethyl adjacent to an activating group) is 1. The molecule has 0 aliphatic heterocycles. The van der Waals surface area contributed by atoms with Gasteiger partial charge in [0, 0.05) is 45.0 Å². The van der Waals surface area contributed by atoms with Crippen molar-refractivity contribution in [2.75, 3.05) is 27.2 Å². The number of aliphatic imine (C=N–C) groups is 1. The number of hydrogen-bond donors (Lipinski definition) is 2. The number of pyridine rings is 1. The molecule has 0 atom stereocenters. The van der Waals surface area contributed by atoms with E-state index in [1.165, 1.54) is 0 Å². The van der Waals surface area contributed by atoms with Crippen LogP contribution in [0.5, 0.6) is 0 Å². The van der Waals surface area contributed by atoms with Gasteiger partial charge in [-0.1, -0.05) is 25.1 Å². The average Bonchev–Trinajstić information content (AvgIpc) is 3.16. The highest BCUT2D eigenvalue weighted by molar-refractivity contribution is 14.0. The average molecular weight is 500 g/mol. The van der Waals surface area contributed by atoms with E-state index in [0.29, 0.717) is 25.0 Å². The number of nitrogens with one attached hydrogen (secondary N) is 2. The van der Waals surface area contributed by atoms with Crippen LogP contribution in [0.25, 0.3) is 0 Å². The third-order valence-corrected chi connectivity index (χ3v) is 4.08. The molecule has 0 aromatic carbocycles. The van der Waals surface area contributed by atoms with Crippen LogP contribution in [-0.2, 0) is 17.8 Å². The van der Waals surface area contributed by atoms with Crippen molar-refractivity contribution in [2.24, 2.45) is 4.99 Å². The maximum absolute atomic E-state index is 12.3. The Bertz CT molecular complexity index is 748. The maximum Gasteiger partial charge on any atom is 0.241 e. The SMILES string of the molecule is CN=C(NCC(=O)N(C)CCc1ccccn1)NCc1cc(C(C)C)no1.I. The zero-order valence-electron chi connectivity index (χ0n) is 16.8. The second kappa shape index (κ2) is 12.3. The molecular formula is C19H29IN6O2. The van der Waals surface area contributed by atoms with Crippen LogP contribution >= 0.6 is 24.0 Å². The molecule has 2 N–H and O–H groups in total. The fourth-order valence-corrected chi connectivity index (χ4v) is 2.32. The van der Waals surface area contributed by atoms with E-state index in [1.807, 2.05) is 24.3 Å². The smallest absolute Gasteiger partial charge is 0.241 e. The minimum Gasteiger partial charge on any atom is -0.359 e. The van der Waals surface area contributed by atoms with Gasteiger partial charge in [0.2, 0.25) is 5.91 Å². The zero-order chi connectivity index (χ0) is 19.6. The summed E-state index contributed by atoms with van der Waals surface area (Å²) in [7, 11) is 3.44. The van der Waals surface area contributed by atoms with Crippen LogP contribution in [0.4, 0.5) is 0 Å². The van der Waals surface area contributed by atoms with Gasteiger partial charge in [-0.05, 0) is 18.1 Å². The topological polar surface area (TPSA) is 95.7 Å². The van der Waals surface area contributed by atoms with E-state index in [4.69, 9.17) is 4.52 Å². The first-order valence-electron chi connectivity index (χ1n) is 9.03. The monoisotopic (exact) mass is 500 g/mol. The fraction of sp³-hybridized carbons (Fsp3) is 0.474. The van der Waals surface area contributed by atoms with Gasteiger partial charge in [0.05, 0.1) is 18.8 Å². The number of carbonyl (C=O) groups excluding carboxylic acids is 1. The number of amides is 1. The molecule has 8 nitrogen and oxygen atoms in total. The first-order chi connectivity index (χ1) is 13.0. The van der Waals surface area contributed by atoms with E-state index in [-0.39, 0.29) is 36.4 Å². The Morgan fingerprint density at radius 2 is 2.11 bits per heavy atom. The Kier molecular flexibility index (Phi) is 10.5. The molecule has 0 aliphatic carbocycles. The van der Waals surface area contributed by atoms with Gasteiger partial charge in [-0.2, -0.15) is 0 Å². The van der Waals surface area contributed by atoms with Gasteiger partial charge in [-0.3, -0.25) is 14.8 Å². The number of guanidine groups is 1. The molecule has 1 amide bonds. The minimum absolute atomic E-state index is 0. The van der Waals surface area contributed by atoms with Gasteiger partial charge in [0.25, 0.3) is 0 Å². The van der Waals surface area contributed by atoms with Crippen molar-refractivity contribution >= 4 is 35.8 Å². The lowest BCUT2D eigenvalue weighted by molar-refractivity contribution is -0.128. The number of hydrogen-bond acceptors (Lipinski definition) is 5. The predicted octanol–water partition coefficient (Wildman–Crippen LogP) is 2.18. The Labute approximate surface area is 183 Å². The van der Waals surface area contributed by atoms with E-state index in [0.717, 1.165) is 23.6 Å². The Hall–Kier alpha value is -2.17. The van der Waals surface area contributed by atoms with Crippen molar-refractivity contribution in [1.82, 2.24) is 25.7 Å². The minimum atomic E-state index is -0.0179. The van der Waals surface area contributed by atoms with Crippen molar-refractivity contribution in [1.29, 1.82) is 0 Å². The number of aromatic nitrogens is 2. The summed E-state index contributed by atoms with van der Waals surface area (Å²) in [6.45, 7) is 5.34. The molecule has 0 radical (unpaired) electrons. The van der Waals surface area contributed by atoms with Gasteiger partial charge in [-0.25, -0.2) is 0 Å². The standard InChI is InChI=1S/C19H28N6O2.HI/c1-14(2)17-11-16(27-24-17)12-22-19(20-3)23-13-18(26)25(4)10-8-15-7-5-6-9-21-15;/h5-7,9,11,14H,8,10,12-13H2,1-4H3,(H2,20,22,23);1H. The van der Waals surface area contributed by atoms with Crippen LogP contribution in [-0.4, -0.2) is 54.1 Å². The summed E-state index contributed by atoms with van der Waals surface area (Å²) >= 11 is 0. The van der Waals surface area contributed by atoms with Crippen molar-refractivity contribution < 1.29 is 9.32 Å². The van der Waals surface area contributed by atoms with E-state index < -0.39 is 0 Å². The highest BCUT2D eigenvalue weighted by atomic mass is 127.